The Balaban J connectivity index is 2.74. The Morgan fingerprint density at radius 1 is 1.31 bits per heavy atom. The lowest BCUT2D eigenvalue weighted by atomic mass is 10.2. The van der Waals surface area contributed by atoms with Crippen LogP contribution in [-0.2, 0) is 0 Å². The molecular formula is C9H7IN2O. The SMILES string of the molecule is COc1ccc2ncnc(I)c2c1. The predicted octanol–water partition coefficient (Wildman–Crippen LogP) is 2.24. The van der Waals surface area contributed by atoms with Gasteiger partial charge in [0.15, 0.2) is 0 Å². The molecule has 13 heavy (non-hydrogen) atoms. The zero-order valence-electron chi connectivity index (χ0n) is 6.99. The van der Waals surface area contributed by atoms with E-state index < -0.39 is 0 Å². The fourth-order valence-electron chi connectivity index (χ4n) is 1.13. The fourth-order valence-corrected chi connectivity index (χ4v) is 1.69. The number of hydrogen-bond donors (Lipinski definition) is 0. The van der Waals surface area contributed by atoms with Crippen molar-refractivity contribution in [2.24, 2.45) is 0 Å². The molecule has 1 aromatic carbocycles. The van der Waals surface area contributed by atoms with Gasteiger partial charge in [0.2, 0.25) is 0 Å². The molecule has 0 saturated heterocycles. The van der Waals surface area contributed by atoms with Crippen LogP contribution in [0.15, 0.2) is 24.5 Å². The number of halogens is 1. The standard InChI is InChI=1S/C9H7IN2O/c1-13-6-2-3-8-7(4-6)9(10)12-5-11-8/h2-5H,1H3. The van der Waals surface area contributed by atoms with Crippen molar-refractivity contribution in [1.82, 2.24) is 9.97 Å². The Hall–Kier alpha value is -0.910. The summed E-state index contributed by atoms with van der Waals surface area (Å²) in [6.45, 7) is 0. The van der Waals surface area contributed by atoms with Crippen molar-refractivity contribution < 1.29 is 4.74 Å². The molecule has 0 bridgehead atoms. The first-order chi connectivity index (χ1) is 6.31. The molecule has 66 valence electrons. The third-order valence-corrected chi connectivity index (χ3v) is 2.65. The molecule has 0 radical (unpaired) electrons. The molecule has 0 saturated carbocycles. The second-order valence-electron chi connectivity index (χ2n) is 2.55. The van der Waals surface area contributed by atoms with Crippen molar-refractivity contribution in [1.29, 1.82) is 0 Å². The first kappa shape index (κ1) is 8.68. The van der Waals surface area contributed by atoms with Crippen LogP contribution >= 0.6 is 22.6 Å². The fraction of sp³-hybridized carbons (Fsp3) is 0.111. The van der Waals surface area contributed by atoms with Crippen molar-refractivity contribution in [3.63, 3.8) is 0 Å². The van der Waals surface area contributed by atoms with Crippen LogP contribution in [0.2, 0.25) is 0 Å². The Labute approximate surface area is 89.3 Å². The first-order valence-corrected chi connectivity index (χ1v) is 4.83. The van der Waals surface area contributed by atoms with Gasteiger partial charge in [0, 0.05) is 5.39 Å². The summed E-state index contributed by atoms with van der Waals surface area (Å²) < 4.78 is 6.06. The molecule has 0 aliphatic heterocycles. The quantitative estimate of drug-likeness (QED) is 0.595. The molecule has 0 aliphatic rings. The number of hydrogen-bond acceptors (Lipinski definition) is 3. The monoisotopic (exact) mass is 286 g/mol. The van der Waals surface area contributed by atoms with Crippen LogP contribution in [0, 0.1) is 3.70 Å². The van der Waals surface area contributed by atoms with Gasteiger partial charge in [0.1, 0.15) is 15.8 Å². The number of methoxy groups -OCH3 is 1. The molecule has 1 aromatic heterocycles. The van der Waals surface area contributed by atoms with Gasteiger partial charge in [0.05, 0.1) is 12.6 Å². The molecule has 4 heteroatoms. The lowest BCUT2D eigenvalue weighted by molar-refractivity contribution is 0.415. The van der Waals surface area contributed by atoms with Gasteiger partial charge in [-0.2, -0.15) is 0 Å². The van der Waals surface area contributed by atoms with Gasteiger partial charge in [-0.15, -0.1) is 0 Å². The summed E-state index contributed by atoms with van der Waals surface area (Å²) in [5.41, 5.74) is 0.945. The van der Waals surface area contributed by atoms with Crippen LogP contribution in [0.5, 0.6) is 5.75 Å². The van der Waals surface area contributed by atoms with Gasteiger partial charge in [0.25, 0.3) is 0 Å². The van der Waals surface area contributed by atoms with Crippen molar-refractivity contribution in [3.8, 4) is 5.75 Å². The second-order valence-corrected chi connectivity index (χ2v) is 3.57. The smallest absolute Gasteiger partial charge is 0.119 e. The minimum atomic E-state index is 0.834. The third kappa shape index (κ3) is 1.58. The Bertz CT molecular complexity index is 445. The van der Waals surface area contributed by atoms with E-state index in [0.29, 0.717) is 0 Å². The largest absolute Gasteiger partial charge is 0.497 e. The molecular weight excluding hydrogens is 279 g/mol. The van der Waals surface area contributed by atoms with E-state index in [9.17, 15) is 0 Å². The maximum absolute atomic E-state index is 5.12. The minimum Gasteiger partial charge on any atom is -0.497 e. The van der Waals surface area contributed by atoms with Crippen molar-refractivity contribution in [3.05, 3.63) is 28.2 Å². The number of nitrogens with zero attached hydrogens (tertiary/aromatic N) is 2. The van der Waals surface area contributed by atoms with Crippen LogP contribution in [0.4, 0.5) is 0 Å². The average molecular weight is 286 g/mol. The highest BCUT2D eigenvalue weighted by atomic mass is 127. The summed E-state index contributed by atoms with van der Waals surface area (Å²) in [7, 11) is 1.65. The Morgan fingerprint density at radius 3 is 2.92 bits per heavy atom. The van der Waals surface area contributed by atoms with E-state index in [4.69, 9.17) is 4.74 Å². The number of fused-ring (bicyclic) bond motifs is 1. The maximum atomic E-state index is 5.12. The van der Waals surface area contributed by atoms with Crippen LogP contribution in [0.25, 0.3) is 10.9 Å². The van der Waals surface area contributed by atoms with E-state index in [2.05, 4.69) is 32.6 Å². The number of benzene rings is 1. The number of rotatable bonds is 1. The highest BCUT2D eigenvalue weighted by Gasteiger charge is 2.01. The van der Waals surface area contributed by atoms with E-state index in [0.717, 1.165) is 20.4 Å². The molecule has 2 aromatic rings. The van der Waals surface area contributed by atoms with E-state index in [1.54, 1.807) is 13.4 Å². The molecule has 0 atom stereocenters. The normalized spacial score (nSPS) is 10.3. The van der Waals surface area contributed by atoms with Crippen LogP contribution in [0.3, 0.4) is 0 Å². The lowest BCUT2D eigenvalue weighted by Crippen LogP contribution is -1.88. The predicted molar refractivity (Wildman–Crippen MR) is 58.8 cm³/mol. The third-order valence-electron chi connectivity index (χ3n) is 1.79. The molecule has 2 rings (SSSR count). The van der Waals surface area contributed by atoms with Crippen LogP contribution < -0.4 is 4.74 Å². The second kappa shape index (κ2) is 3.45. The van der Waals surface area contributed by atoms with Gasteiger partial charge in [-0.05, 0) is 40.8 Å². The summed E-state index contributed by atoms with van der Waals surface area (Å²) in [4.78, 5) is 8.25. The van der Waals surface area contributed by atoms with Gasteiger partial charge >= 0.3 is 0 Å². The number of ether oxygens (including phenoxy) is 1. The Kier molecular flexibility index (Phi) is 2.30. The molecule has 0 aliphatic carbocycles. The van der Waals surface area contributed by atoms with Crippen LogP contribution in [0.1, 0.15) is 0 Å². The summed E-state index contributed by atoms with van der Waals surface area (Å²) in [5.74, 6) is 0.834. The number of aromatic nitrogens is 2. The summed E-state index contributed by atoms with van der Waals surface area (Å²) in [5, 5.41) is 1.03. The zero-order chi connectivity index (χ0) is 9.26. The lowest BCUT2D eigenvalue weighted by Gasteiger charge is -2.02. The first-order valence-electron chi connectivity index (χ1n) is 3.75. The summed E-state index contributed by atoms with van der Waals surface area (Å²) in [6.07, 6.45) is 1.57. The average Bonchev–Trinajstić information content (AvgIpc) is 2.18. The zero-order valence-corrected chi connectivity index (χ0v) is 9.15. The molecule has 1 heterocycles. The molecule has 0 unspecified atom stereocenters. The van der Waals surface area contributed by atoms with Crippen molar-refractivity contribution >= 4 is 33.5 Å². The Morgan fingerprint density at radius 2 is 2.15 bits per heavy atom. The molecule has 3 nitrogen and oxygen atoms in total. The van der Waals surface area contributed by atoms with E-state index in [-0.39, 0.29) is 0 Å². The molecule has 0 N–H and O–H groups in total. The van der Waals surface area contributed by atoms with Gasteiger partial charge < -0.3 is 4.74 Å². The van der Waals surface area contributed by atoms with Gasteiger partial charge in [-0.25, -0.2) is 9.97 Å². The minimum absolute atomic E-state index is 0.834. The van der Waals surface area contributed by atoms with E-state index >= 15 is 0 Å². The molecule has 0 spiro atoms. The molecule has 0 amide bonds. The van der Waals surface area contributed by atoms with E-state index in [1.165, 1.54) is 0 Å². The topological polar surface area (TPSA) is 35.0 Å². The van der Waals surface area contributed by atoms with Crippen molar-refractivity contribution in [2.75, 3.05) is 7.11 Å². The maximum Gasteiger partial charge on any atom is 0.119 e. The van der Waals surface area contributed by atoms with E-state index in [1.807, 2.05) is 18.2 Å². The van der Waals surface area contributed by atoms with Crippen molar-refractivity contribution in [2.45, 2.75) is 0 Å². The summed E-state index contributed by atoms with van der Waals surface area (Å²) in [6, 6.07) is 5.76. The molecule has 0 fully saturated rings. The van der Waals surface area contributed by atoms with Gasteiger partial charge in [-0.1, -0.05) is 0 Å². The van der Waals surface area contributed by atoms with Gasteiger partial charge in [-0.3, -0.25) is 0 Å². The highest BCUT2D eigenvalue weighted by Crippen LogP contribution is 2.21. The van der Waals surface area contributed by atoms with Crippen LogP contribution in [-0.4, -0.2) is 17.1 Å². The summed E-state index contributed by atoms with van der Waals surface area (Å²) >= 11 is 2.18. The highest BCUT2D eigenvalue weighted by molar-refractivity contribution is 14.1.